The fourth-order valence-electron chi connectivity index (χ4n) is 1.61. The molecule has 14 heavy (non-hydrogen) atoms. The van der Waals surface area contributed by atoms with E-state index in [0.717, 1.165) is 6.42 Å². The van der Waals surface area contributed by atoms with Gasteiger partial charge < -0.3 is 5.32 Å². The SMILES string of the molecule is C=C/C=C\NC1=C(CC)CCCC=C1. The van der Waals surface area contributed by atoms with Gasteiger partial charge in [-0.1, -0.05) is 25.7 Å². The zero-order valence-electron chi connectivity index (χ0n) is 8.92. The number of allylic oxidation sites excluding steroid dienone is 5. The van der Waals surface area contributed by atoms with E-state index in [0.29, 0.717) is 0 Å². The zero-order valence-corrected chi connectivity index (χ0v) is 8.92. The lowest BCUT2D eigenvalue weighted by molar-refractivity contribution is 0.799. The first-order chi connectivity index (χ1) is 6.88. The highest BCUT2D eigenvalue weighted by Crippen LogP contribution is 2.19. The van der Waals surface area contributed by atoms with Crippen molar-refractivity contribution < 1.29 is 0 Å². The van der Waals surface area contributed by atoms with Gasteiger partial charge in [0.05, 0.1) is 0 Å². The second-order valence-electron chi connectivity index (χ2n) is 3.40. The number of hydrogen-bond donors (Lipinski definition) is 1. The van der Waals surface area contributed by atoms with Crippen molar-refractivity contribution in [1.82, 2.24) is 5.32 Å². The van der Waals surface area contributed by atoms with Gasteiger partial charge in [0.2, 0.25) is 0 Å². The Morgan fingerprint density at radius 3 is 3.14 bits per heavy atom. The summed E-state index contributed by atoms with van der Waals surface area (Å²) < 4.78 is 0. The van der Waals surface area contributed by atoms with Crippen molar-refractivity contribution in [3.8, 4) is 0 Å². The van der Waals surface area contributed by atoms with Gasteiger partial charge in [-0.3, -0.25) is 0 Å². The Balaban J connectivity index is 2.70. The minimum absolute atomic E-state index is 1.13. The molecule has 0 saturated carbocycles. The molecule has 0 aromatic heterocycles. The number of nitrogens with one attached hydrogen (secondary N) is 1. The third kappa shape index (κ3) is 3.25. The van der Waals surface area contributed by atoms with E-state index in [-0.39, 0.29) is 0 Å². The molecule has 76 valence electrons. The molecular weight excluding hydrogens is 170 g/mol. The Labute approximate surface area is 86.9 Å². The van der Waals surface area contributed by atoms with E-state index in [1.54, 1.807) is 6.08 Å². The molecule has 1 nitrogen and oxygen atoms in total. The van der Waals surface area contributed by atoms with E-state index in [1.807, 2.05) is 12.3 Å². The summed E-state index contributed by atoms with van der Waals surface area (Å²) in [4.78, 5) is 0. The highest BCUT2D eigenvalue weighted by Gasteiger charge is 2.03. The van der Waals surface area contributed by atoms with Gasteiger partial charge in [0.1, 0.15) is 0 Å². The second-order valence-corrected chi connectivity index (χ2v) is 3.40. The minimum Gasteiger partial charge on any atom is -0.362 e. The summed E-state index contributed by atoms with van der Waals surface area (Å²) in [7, 11) is 0. The number of hydrogen-bond acceptors (Lipinski definition) is 1. The minimum atomic E-state index is 1.13. The van der Waals surface area contributed by atoms with E-state index in [1.165, 1.54) is 30.5 Å². The van der Waals surface area contributed by atoms with Gasteiger partial charge in [-0.25, -0.2) is 0 Å². The maximum absolute atomic E-state index is 3.64. The molecule has 0 aromatic carbocycles. The van der Waals surface area contributed by atoms with Crippen molar-refractivity contribution in [2.45, 2.75) is 32.6 Å². The van der Waals surface area contributed by atoms with Crippen LogP contribution in [0.25, 0.3) is 0 Å². The molecular formula is C13H19N. The van der Waals surface area contributed by atoms with Crippen molar-refractivity contribution in [2.24, 2.45) is 0 Å². The van der Waals surface area contributed by atoms with Gasteiger partial charge in [0, 0.05) is 11.9 Å². The van der Waals surface area contributed by atoms with Gasteiger partial charge in [-0.2, -0.15) is 0 Å². The molecule has 0 heterocycles. The molecule has 0 saturated heterocycles. The van der Waals surface area contributed by atoms with E-state index in [4.69, 9.17) is 0 Å². The normalized spacial score (nSPS) is 17.2. The first-order valence-electron chi connectivity index (χ1n) is 5.31. The van der Waals surface area contributed by atoms with Crippen LogP contribution in [-0.4, -0.2) is 0 Å². The Kier molecular flexibility index (Phi) is 4.84. The Morgan fingerprint density at radius 1 is 1.57 bits per heavy atom. The summed E-state index contributed by atoms with van der Waals surface area (Å²) in [6.07, 6.45) is 14.9. The summed E-state index contributed by atoms with van der Waals surface area (Å²) in [5.74, 6) is 0. The monoisotopic (exact) mass is 189 g/mol. The quantitative estimate of drug-likeness (QED) is 0.665. The molecule has 0 fully saturated rings. The van der Waals surface area contributed by atoms with Gasteiger partial charge >= 0.3 is 0 Å². The summed E-state index contributed by atoms with van der Waals surface area (Å²) in [6.45, 7) is 5.86. The fraction of sp³-hybridized carbons (Fsp3) is 0.385. The molecule has 0 atom stereocenters. The van der Waals surface area contributed by atoms with Gasteiger partial charge in [0.25, 0.3) is 0 Å². The molecule has 1 aliphatic rings. The van der Waals surface area contributed by atoms with Crippen molar-refractivity contribution in [2.75, 3.05) is 0 Å². The van der Waals surface area contributed by atoms with Crippen LogP contribution in [0.15, 0.2) is 48.4 Å². The predicted molar refractivity (Wildman–Crippen MR) is 62.8 cm³/mol. The first-order valence-corrected chi connectivity index (χ1v) is 5.31. The topological polar surface area (TPSA) is 12.0 Å². The highest BCUT2D eigenvalue weighted by atomic mass is 14.8. The van der Waals surface area contributed by atoms with Crippen LogP contribution in [0.4, 0.5) is 0 Å². The summed E-state index contributed by atoms with van der Waals surface area (Å²) in [5.41, 5.74) is 2.79. The van der Waals surface area contributed by atoms with E-state index >= 15 is 0 Å². The lowest BCUT2D eigenvalue weighted by Gasteiger charge is -2.08. The Hall–Kier alpha value is -1.24. The highest BCUT2D eigenvalue weighted by molar-refractivity contribution is 5.27. The summed E-state index contributed by atoms with van der Waals surface area (Å²) in [6, 6.07) is 0. The van der Waals surface area contributed by atoms with Crippen molar-refractivity contribution in [1.29, 1.82) is 0 Å². The van der Waals surface area contributed by atoms with Crippen LogP contribution in [-0.2, 0) is 0 Å². The van der Waals surface area contributed by atoms with E-state index < -0.39 is 0 Å². The average molecular weight is 189 g/mol. The molecule has 1 aliphatic carbocycles. The molecule has 0 radical (unpaired) electrons. The first kappa shape index (κ1) is 10.8. The lowest BCUT2D eigenvalue weighted by atomic mass is 10.1. The molecule has 0 spiro atoms. The van der Waals surface area contributed by atoms with Crippen molar-refractivity contribution in [3.63, 3.8) is 0 Å². The largest absolute Gasteiger partial charge is 0.362 e. The van der Waals surface area contributed by atoms with Crippen LogP contribution in [0.2, 0.25) is 0 Å². The van der Waals surface area contributed by atoms with Gasteiger partial charge in [-0.15, -0.1) is 0 Å². The number of rotatable bonds is 4. The summed E-state index contributed by atoms with van der Waals surface area (Å²) >= 11 is 0. The maximum Gasteiger partial charge on any atom is 0.0368 e. The average Bonchev–Trinajstić information content (AvgIpc) is 2.43. The Morgan fingerprint density at radius 2 is 2.43 bits per heavy atom. The smallest absolute Gasteiger partial charge is 0.0368 e. The van der Waals surface area contributed by atoms with E-state index in [2.05, 4.69) is 31.0 Å². The van der Waals surface area contributed by atoms with Gasteiger partial charge in [0.15, 0.2) is 0 Å². The zero-order chi connectivity index (χ0) is 10.2. The van der Waals surface area contributed by atoms with Crippen LogP contribution < -0.4 is 5.32 Å². The molecule has 1 rings (SSSR count). The molecule has 1 heteroatoms. The lowest BCUT2D eigenvalue weighted by Crippen LogP contribution is -2.05. The van der Waals surface area contributed by atoms with E-state index in [9.17, 15) is 0 Å². The third-order valence-corrected chi connectivity index (χ3v) is 2.41. The Bertz CT molecular complexity index is 269. The molecule has 1 N–H and O–H groups in total. The predicted octanol–water partition coefficient (Wildman–Crippen LogP) is 3.68. The second kappa shape index (κ2) is 6.25. The molecule has 0 amide bonds. The molecule has 0 bridgehead atoms. The molecule has 0 aliphatic heterocycles. The van der Waals surface area contributed by atoms with Crippen LogP contribution in [0.3, 0.4) is 0 Å². The van der Waals surface area contributed by atoms with Crippen molar-refractivity contribution >= 4 is 0 Å². The standard InChI is InChI=1S/C13H19N/c1-3-5-11-14-13-10-8-6-7-9-12(13)4-2/h3,5,8,10-11,14H,1,4,6-7,9H2,2H3/b11-5-. The maximum atomic E-state index is 3.64. The van der Waals surface area contributed by atoms with Gasteiger partial charge in [-0.05, 0) is 43.4 Å². The van der Waals surface area contributed by atoms with Crippen LogP contribution in [0.1, 0.15) is 32.6 Å². The third-order valence-electron chi connectivity index (χ3n) is 2.41. The van der Waals surface area contributed by atoms with Crippen molar-refractivity contribution in [3.05, 3.63) is 48.4 Å². The molecule has 0 unspecified atom stereocenters. The van der Waals surface area contributed by atoms with Crippen LogP contribution in [0.5, 0.6) is 0 Å². The molecule has 0 aromatic rings. The summed E-state index contributed by atoms with van der Waals surface area (Å²) in [5, 5.41) is 3.30. The fourth-order valence-corrected chi connectivity index (χ4v) is 1.61. The van der Waals surface area contributed by atoms with Crippen LogP contribution in [0, 0.1) is 0 Å². The van der Waals surface area contributed by atoms with Crippen LogP contribution >= 0.6 is 0 Å².